The minimum Gasteiger partial charge on any atom is -0.462 e. The zero-order valence-electron chi connectivity index (χ0n) is 18.7. The Balaban J connectivity index is 1.95. The van der Waals surface area contributed by atoms with Gasteiger partial charge < -0.3 is 14.4 Å². The van der Waals surface area contributed by atoms with Crippen LogP contribution >= 0.6 is 0 Å². The molecule has 6 heteroatoms. The van der Waals surface area contributed by atoms with Crippen molar-refractivity contribution in [2.45, 2.75) is 33.4 Å². The van der Waals surface area contributed by atoms with Gasteiger partial charge in [0.05, 0.1) is 25.4 Å². The van der Waals surface area contributed by atoms with Gasteiger partial charge in [-0.05, 0) is 49.6 Å². The van der Waals surface area contributed by atoms with Gasteiger partial charge in [-0.3, -0.25) is 9.69 Å². The Morgan fingerprint density at radius 2 is 1.84 bits per heavy atom. The number of ether oxygens (including phenoxy) is 2. The topological polar surface area (TPSA) is 59.1 Å². The normalized spacial score (nSPS) is 16.7. The van der Waals surface area contributed by atoms with Crippen LogP contribution in [0.5, 0.6) is 0 Å². The number of benzene rings is 2. The van der Waals surface area contributed by atoms with E-state index >= 15 is 0 Å². The maximum Gasteiger partial charge on any atom is 0.338 e. The van der Waals surface area contributed by atoms with Gasteiger partial charge in [0.25, 0.3) is 0 Å². The van der Waals surface area contributed by atoms with E-state index in [9.17, 15) is 9.59 Å². The highest BCUT2D eigenvalue weighted by Crippen LogP contribution is 2.27. The van der Waals surface area contributed by atoms with E-state index in [0.29, 0.717) is 51.6 Å². The lowest BCUT2D eigenvalue weighted by Gasteiger charge is -2.37. The van der Waals surface area contributed by atoms with Gasteiger partial charge in [-0.1, -0.05) is 36.4 Å². The third kappa shape index (κ3) is 5.51. The van der Waals surface area contributed by atoms with E-state index in [1.807, 2.05) is 55.1 Å². The summed E-state index contributed by atoms with van der Waals surface area (Å²) in [6.07, 6.45) is 0. The summed E-state index contributed by atoms with van der Waals surface area (Å²) in [7, 11) is 0. The van der Waals surface area contributed by atoms with Crippen molar-refractivity contribution in [1.82, 2.24) is 9.80 Å². The number of hydrogen-bond donors (Lipinski definition) is 0. The Morgan fingerprint density at radius 3 is 2.52 bits per heavy atom. The molecule has 166 valence electrons. The van der Waals surface area contributed by atoms with Crippen LogP contribution in [0.15, 0.2) is 48.5 Å². The van der Waals surface area contributed by atoms with Crippen molar-refractivity contribution in [2.75, 3.05) is 39.5 Å². The van der Waals surface area contributed by atoms with E-state index in [1.54, 1.807) is 6.92 Å². The molecule has 0 aromatic heterocycles. The molecule has 1 amide bonds. The second-order valence-electron chi connectivity index (χ2n) is 7.53. The van der Waals surface area contributed by atoms with E-state index in [0.717, 1.165) is 16.7 Å². The minimum absolute atomic E-state index is 0.0903. The number of morpholine rings is 1. The quantitative estimate of drug-likeness (QED) is 0.606. The molecule has 2 aromatic carbocycles. The first-order valence-corrected chi connectivity index (χ1v) is 11.0. The fourth-order valence-corrected chi connectivity index (χ4v) is 3.98. The molecule has 1 aliphatic heterocycles. The number of esters is 1. The average molecular weight is 425 g/mol. The first kappa shape index (κ1) is 23.0. The molecule has 1 fully saturated rings. The number of nitrogens with zero attached hydrogens (tertiary/aromatic N) is 2. The van der Waals surface area contributed by atoms with E-state index in [-0.39, 0.29) is 17.9 Å². The molecule has 0 saturated carbocycles. The zero-order valence-corrected chi connectivity index (χ0v) is 18.7. The van der Waals surface area contributed by atoms with Gasteiger partial charge in [0.2, 0.25) is 5.91 Å². The molecule has 0 N–H and O–H groups in total. The van der Waals surface area contributed by atoms with E-state index < -0.39 is 0 Å². The summed E-state index contributed by atoms with van der Waals surface area (Å²) in [5.74, 6) is -0.242. The predicted octanol–water partition coefficient (Wildman–Crippen LogP) is 3.60. The molecule has 1 atom stereocenters. The van der Waals surface area contributed by atoms with Gasteiger partial charge in [-0.2, -0.15) is 0 Å². The lowest BCUT2D eigenvalue weighted by molar-refractivity contribution is -0.143. The van der Waals surface area contributed by atoms with Crippen molar-refractivity contribution in [2.24, 2.45) is 0 Å². The van der Waals surface area contributed by atoms with Crippen LogP contribution < -0.4 is 0 Å². The third-order valence-electron chi connectivity index (χ3n) is 5.67. The van der Waals surface area contributed by atoms with Crippen LogP contribution in [0.25, 0.3) is 11.1 Å². The Bertz CT molecular complexity index is 880. The summed E-state index contributed by atoms with van der Waals surface area (Å²) in [5, 5.41) is 0. The molecule has 0 radical (unpaired) electrons. The van der Waals surface area contributed by atoms with Crippen LogP contribution in [0, 0.1) is 0 Å². The van der Waals surface area contributed by atoms with Gasteiger partial charge in [-0.15, -0.1) is 0 Å². The van der Waals surface area contributed by atoms with Gasteiger partial charge in [0.1, 0.15) is 6.04 Å². The Hall–Kier alpha value is -2.70. The van der Waals surface area contributed by atoms with Crippen LogP contribution in [-0.2, 0) is 20.8 Å². The van der Waals surface area contributed by atoms with Gasteiger partial charge in [-0.25, -0.2) is 4.79 Å². The molecule has 3 rings (SSSR count). The highest BCUT2D eigenvalue weighted by Gasteiger charge is 2.32. The SMILES string of the molecule is CCOC(=O)c1ccc(-c2ccccc2)c(CN2CCOCC2C(=O)N(CC)CC)c1. The van der Waals surface area contributed by atoms with Gasteiger partial charge in [0, 0.05) is 26.2 Å². The van der Waals surface area contributed by atoms with E-state index in [1.165, 1.54) is 0 Å². The van der Waals surface area contributed by atoms with Crippen molar-refractivity contribution in [3.63, 3.8) is 0 Å². The predicted molar refractivity (Wildman–Crippen MR) is 121 cm³/mol. The van der Waals surface area contributed by atoms with Crippen LogP contribution in [0.1, 0.15) is 36.7 Å². The number of likely N-dealkylation sites (N-methyl/N-ethyl adjacent to an activating group) is 1. The summed E-state index contributed by atoms with van der Waals surface area (Å²) in [4.78, 5) is 29.5. The van der Waals surface area contributed by atoms with Crippen LogP contribution in [0.3, 0.4) is 0 Å². The average Bonchev–Trinajstić information content (AvgIpc) is 2.81. The van der Waals surface area contributed by atoms with Gasteiger partial charge in [0.15, 0.2) is 0 Å². The second kappa shape index (κ2) is 11.1. The van der Waals surface area contributed by atoms with Crippen LogP contribution in [0.2, 0.25) is 0 Å². The number of carbonyl (C=O) groups excluding carboxylic acids is 2. The summed E-state index contributed by atoms with van der Waals surface area (Å²) in [6.45, 7) is 9.65. The standard InChI is InChI=1S/C25H32N2O4/c1-4-26(5-2)24(28)23-18-30-15-14-27(23)17-21-16-20(25(29)31-6-3)12-13-22(21)19-10-8-7-9-11-19/h7-13,16,23H,4-6,14-15,17-18H2,1-3H3. The number of amides is 1. The Kier molecular flexibility index (Phi) is 8.20. The number of rotatable bonds is 8. The summed E-state index contributed by atoms with van der Waals surface area (Å²) in [5.41, 5.74) is 3.65. The third-order valence-corrected chi connectivity index (χ3v) is 5.67. The fourth-order valence-electron chi connectivity index (χ4n) is 3.98. The first-order valence-electron chi connectivity index (χ1n) is 11.0. The summed E-state index contributed by atoms with van der Waals surface area (Å²) < 4.78 is 10.9. The molecule has 31 heavy (non-hydrogen) atoms. The van der Waals surface area contributed by atoms with Crippen molar-refractivity contribution < 1.29 is 19.1 Å². The van der Waals surface area contributed by atoms with Crippen molar-refractivity contribution in [1.29, 1.82) is 0 Å². The molecule has 1 unspecified atom stereocenters. The molecule has 0 bridgehead atoms. The lowest BCUT2D eigenvalue weighted by atomic mass is 9.96. The highest BCUT2D eigenvalue weighted by atomic mass is 16.5. The molecular weight excluding hydrogens is 392 g/mol. The molecule has 6 nitrogen and oxygen atoms in total. The second-order valence-corrected chi connectivity index (χ2v) is 7.53. The molecule has 1 saturated heterocycles. The molecule has 1 aliphatic rings. The maximum atomic E-state index is 13.1. The highest BCUT2D eigenvalue weighted by molar-refractivity contribution is 5.90. The molecule has 1 heterocycles. The van der Waals surface area contributed by atoms with E-state index in [4.69, 9.17) is 9.47 Å². The molecule has 0 spiro atoms. The monoisotopic (exact) mass is 424 g/mol. The zero-order chi connectivity index (χ0) is 22.2. The maximum absolute atomic E-state index is 13.1. The smallest absolute Gasteiger partial charge is 0.338 e. The minimum atomic E-state index is -0.332. The van der Waals surface area contributed by atoms with Crippen LogP contribution in [-0.4, -0.2) is 67.2 Å². The summed E-state index contributed by atoms with van der Waals surface area (Å²) in [6, 6.07) is 15.4. The number of carbonyl (C=O) groups is 2. The molecule has 0 aliphatic carbocycles. The first-order chi connectivity index (χ1) is 15.1. The van der Waals surface area contributed by atoms with Crippen molar-refractivity contribution in [3.05, 3.63) is 59.7 Å². The van der Waals surface area contributed by atoms with Crippen molar-refractivity contribution in [3.8, 4) is 11.1 Å². The Morgan fingerprint density at radius 1 is 1.10 bits per heavy atom. The summed E-state index contributed by atoms with van der Waals surface area (Å²) >= 11 is 0. The largest absolute Gasteiger partial charge is 0.462 e. The molecule has 2 aromatic rings. The van der Waals surface area contributed by atoms with Crippen molar-refractivity contribution >= 4 is 11.9 Å². The number of hydrogen-bond acceptors (Lipinski definition) is 5. The lowest BCUT2D eigenvalue weighted by Crippen LogP contribution is -2.54. The van der Waals surface area contributed by atoms with Gasteiger partial charge >= 0.3 is 5.97 Å². The van der Waals surface area contributed by atoms with Crippen LogP contribution in [0.4, 0.5) is 0 Å². The fraction of sp³-hybridized carbons (Fsp3) is 0.440. The van der Waals surface area contributed by atoms with E-state index in [2.05, 4.69) is 17.0 Å². The molecular formula is C25H32N2O4. The Labute approximate surface area is 184 Å².